The molecule has 1 heterocycles. The highest BCUT2D eigenvalue weighted by atomic mass is 16.5. The van der Waals surface area contributed by atoms with Crippen molar-refractivity contribution in [3.63, 3.8) is 0 Å². The van der Waals surface area contributed by atoms with E-state index in [9.17, 15) is 9.59 Å². The van der Waals surface area contributed by atoms with E-state index in [0.717, 1.165) is 49.5 Å². The minimum absolute atomic E-state index is 0.00348. The van der Waals surface area contributed by atoms with Crippen molar-refractivity contribution in [1.82, 2.24) is 15.1 Å². The number of carbonyl (C=O) groups is 2. The molecule has 0 radical (unpaired) electrons. The van der Waals surface area contributed by atoms with Crippen LogP contribution >= 0.6 is 0 Å². The monoisotopic (exact) mass is 476 g/mol. The summed E-state index contributed by atoms with van der Waals surface area (Å²) in [4.78, 5) is 29.7. The summed E-state index contributed by atoms with van der Waals surface area (Å²) in [5.74, 6) is -0.102. The average molecular weight is 477 g/mol. The SMILES string of the molecule is CC(C)CC(C(=O)NCC#N)c1cccc(-c2ccc(C(=O)N(C)CCN3CCOCC3)cc2)c1. The van der Waals surface area contributed by atoms with Crippen LogP contribution in [-0.2, 0) is 9.53 Å². The third-order valence-electron chi connectivity index (χ3n) is 6.32. The first-order valence-electron chi connectivity index (χ1n) is 12.3. The van der Waals surface area contributed by atoms with Gasteiger partial charge in [-0.2, -0.15) is 5.26 Å². The van der Waals surface area contributed by atoms with E-state index in [0.29, 0.717) is 24.4 Å². The van der Waals surface area contributed by atoms with Crippen molar-refractivity contribution in [3.05, 3.63) is 59.7 Å². The second kappa shape index (κ2) is 13.0. The Kier molecular flexibility index (Phi) is 9.83. The van der Waals surface area contributed by atoms with Crippen LogP contribution in [0.15, 0.2) is 48.5 Å². The number of carbonyl (C=O) groups excluding carboxylic acids is 2. The van der Waals surface area contributed by atoms with Gasteiger partial charge >= 0.3 is 0 Å². The average Bonchev–Trinajstić information content (AvgIpc) is 2.89. The molecule has 1 aliphatic rings. The van der Waals surface area contributed by atoms with Gasteiger partial charge in [0.1, 0.15) is 6.54 Å². The van der Waals surface area contributed by atoms with E-state index < -0.39 is 0 Å². The highest BCUT2D eigenvalue weighted by Crippen LogP contribution is 2.29. The van der Waals surface area contributed by atoms with Crippen LogP contribution in [0.3, 0.4) is 0 Å². The molecule has 2 aromatic carbocycles. The molecule has 35 heavy (non-hydrogen) atoms. The minimum atomic E-state index is -0.315. The predicted octanol–water partition coefficient (Wildman–Crippen LogP) is 3.53. The van der Waals surface area contributed by atoms with Gasteiger partial charge in [0.05, 0.1) is 25.2 Å². The maximum Gasteiger partial charge on any atom is 0.253 e. The molecular weight excluding hydrogens is 440 g/mol. The lowest BCUT2D eigenvalue weighted by Crippen LogP contribution is -2.41. The zero-order valence-electron chi connectivity index (χ0n) is 21.0. The van der Waals surface area contributed by atoms with Crippen molar-refractivity contribution in [2.75, 3.05) is 53.0 Å². The smallest absolute Gasteiger partial charge is 0.253 e. The maximum atomic E-state index is 12.9. The number of nitrogens with zero attached hydrogens (tertiary/aromatic N) is 3. The summed E-state index contributed by atoms with van der Waals surface area (Å²) < 4.78 is 5.38. The second-order valence-corrected chi connectivity index (χ2v) is 9.44. The Bertz CT molecular complexity index is 1020. The summed E-state index contributed by atoms with van der Waals surface area (Å²) in [5.41, 5.74) is 3.56. The molecule has 2 aromatic rings. The molecule has 1 saturated heterocycles. The molecule has 0 spiro atoms. The number of morpholine rings is 1. The van der Waals surface area contributed by atoms with Gasteiger partial charge in [-0.25, -0.2) is 0 Å². The van der Waals surface area contributed by atoms with Crippen molar-refractivity contribution in [2.24, 2.45) is 5.92 Å². The van der Waals surface area contributed by atoms with Crippen molar-refractivity contribution < 1.29 is 14.3 Å². The number of amides is 2. The second-order valence-electron chi connectivity index (χ2n) is 9.44. The first kappa shape index (κ1) is 26.4. The van der Waals surface area contributed by atoms with Gasteiger partial charge in [-0.3, -0.25) is 14.5 Å². The molecule has 0 bridgehead atoms. The largest absolute Gasteiger partial charge is 0.379 e. The Labute approximate surface area is 208 Å². The first-order valence-corrected chi connectivity index (χ1v) is 12.3. The number of likely N-dealkylation sites (N-methyl/N-ethyl adjacent to an activating group) is 1. The fraction of sp³-hybridized carbons (Fsp3) is 0.464. The summed E-state index contributed by atoms with van der Waals surface area (Å²) in [6.45, 7) is 9.02. The van der Waals surface area contributed by atoms with E-state index in [-0.39, 0.29) is 24.3 Å². The quantitative estimate of drug-likeness (QED) is 0.530. The van der Waals surface area contributed by atoms with Gasteiger partial charge in [0, 0.05) is 38.8 Å². The molecule has 0 saturated carbocycles. The van der Waals surface area contributed by atoms with Crippen LogP contribution < -0.4 is 5.32 Å². The van der Waals surface area contributed by atoms with Gasteiger partial charge in [-0.15, -0.1) is 0 Å². The number of benzene rings is 2. The zero-order valence-corrected chi connectivity index (χ0v) is 21.0. The van der Waals surface area contributed by atoms with Gasteiger partial charge in [0.25, 0.3) is 5.91 Å². The van der Waals surface area contributed by atoms with Crippen molar-refractivity contribution >= 4 is 11.8 Å². The van der Waals surface area contributed by atoms with Crippen LogP contribution in [0.4, 0.5) is 0 Å². The van der Waals surface area contributed by atoms with Crippen molar-refractivity contribution in [3.8, 4) is 17.2 Å². The van der Waals surface area contributed by atoms with E-state index in [1.807, 2.05) is 61.6 Å². The summed E-state index contributed by atoms with van der Waals surface area (Å²) in [5, 5.41) is 11.5. The van der Waals surface area contributed by atoms with Crippen molar-refractivity contribution in [2.45, 2.75) is 26.2 Å². The summed E-state index contributed by atoms with van der Waals surface area (Å²) in [6.07, 6.45) is 0.699. The van der Waals surface area contributed by atoms with E-state index >= 15 is 0 Å². The van der Waals surface area contributed by atoms with Gasteiger partial charge in [0.15, 0.2) is 0 Å². The Morgan fingerprint density at radius 2 is 1.83 bits per heavy atom. The van der Waals surface area contributed by atoms with E-state index in [1.165, 1.54) is 0 Å². The fourth-order valence-corrected chi connectivity index (χ4v) is 4.29. The van der Waals surface area contributed by atoms with Crippen LogP contribution in [0.2, 0.25) is 0 Å². The standard InChI is InChI=1S/C28H36N4O3/c1-21(2)19-26(27(33)30-12-11-29)25-6-4-5-24(20-25)22-7-9-23(10-8-22)28(34)31(3)13-14-32-15-17-35-18-16-32/h4-10,20-21,26H,12-19H2,1-3H3,(H,30,33). The minimum Gasteiger partial charge on any atom is -0.379 e. The van der Waals surface area contributed by atoms with Crippen LogP contribution in [0.1, 0.15) is 42.1 Å². The number of ether oxygens (including phenoxy) is 1. The number of hydrogen-bond acceptors (Lipinski definition) is 5. The molecule has 186 valence electrons. The highest BCUT2D eigenvalue weighted by Gasteiger charge is 2.22. The molecule has 7 nitrogen and oxygen atoms in total. The van der Waals surface area contributed by atoms with E-state index in [1.54, 1.807) is 4.90 Å². The molecule has 3 rings (SSSR count). The molecule has 2 amide bonds. The van der Waals surface area contributed by atoms with Gasteiger partial charge < -0.3 is 15.0 Å². The highest BCUT2D eigenvalue weighted by molar-refractivity contribution is 5.94. The molecule has 1 atom stereocenters. The lowest BCUT2D eigenvalue weighted by Gasteiger charge is -2.28. The van der Waals surface area contributed by atoms with Gasteiger partial charge in [-0.1, -0.05) is 50.2 Å². The molecule has 1 aliphatic heterocycles. The molecule has 1 unspecified atom stereocenters. The van der Waals surface area contributed by atoms with Crippen LogP contribution in [0.25, 0.3) is 11.1 Å². The Morgan fingerprint density at radius 3 is 2.49 bits per heavy atom. The number of nitrogens with one attached hydrogen (secondary N) is 1. The van der Waals surface area contributed by atoms with E-state index in [4.69, 9.17) is 10.00 Å². The lowest BCUT2D eigenvalue weighted by molar-refractivity contribution is -0.122. The topological polar surface area (TPSA) is 85.7 Å². The number of hydrogen-bond donors (Lipinski definition) is 1. The van der Waals surface area contributed by atoms with E-state index in [2.05, 4.69) is 24.1 Å². The van der Waals surface area contributed by atoms with Crippen LogP contribution in [0.5, 0.6) is 0 Å². The molecule has 0 aromatic heterocycles. The summed E-state index contributed by atoms with van der Waals surface area (Å²) >= 11 is 0. The summed E-state index contributed by atoms with van der Waals surface area (Å²) in [7, 11) is 1.84. The Balaban J connectivity index is 1.69. The Hall–Kier alpha value is -3.21. The number of rotatable bonds is 10. The fourth-order valence-electron chi connectivity index (χ4n) is 4.29. The predicted molar refractivity (Wildman–Crippen MR) is 137 cm³/mol. The summed E-state index contributed by atoms with van der Waals surface area (Å²) in [6, 6.07) is 17.6. The maximum absolute atomic E-state index is 12.9. The molecule has 7 heteroatoms. The van der Waals surface area contributed by atoms with Crippen LogP contribution in [-0.4, -0.2) is 74.6 Å². The van der Waals surface area contributed by atoms with Crippen LogP contribution in [0, 0.1) is 17.2 Å². The molecular formula is C28H36N4O3. The third-order valence-corrected chi connectivity index (χ3v) is 6.32. The Morgan fingerprint density at radius 1 is 1.11 bits per heavy atom. The first-order chi connectivity index (χ1) is 16.9. The van der Waals surface area contributed by atoms with Gasteiger partial charge in [0.2, 0.25) is 5.91 Å². The normalized spacial score (nSPS) is 14.8. The third kappa shape index (κ3) is 7.64. The van der Waals surface area contributed by atoms with Crippen molar-refractivity contribution in [1.29, 1.82) is 5.26 Å². The molecule has 1 N–H and O–H groups in total. The lowest BCUT2D eigenvalue weighted by atomic mass is 9.88. The molecule has 0 aliphatic carbocycles. The number of nitriles is 1. The molecule has 1 fully saturated rings. The van der Waals surface area contributed by atoms with Gasteiger partial charge in [-0.05, 0) is 41.2 Å². The zero-order chi connectivity index (χ0) is 25.2.